The van der Waals surface area contributed by atoms with Gasteiger partial charge in [0.15, 0.2) is 0 Å². The summed E-state index contributed by atoms with van der Waals surface area (Å²) in [5, 5.41) is 3.03. The predicted octanol–water partition coefficient (Wildman–Crippen LogP) is 1.29. The maximum atomic E-state index is 12.2. The quantitative estimate of drug-likeness (QED) is 0.715. The van der Waals surface area contributed by atoms with E-state index in [0.717, 1.165) is 19.6 Å². The van der Waals surface area contributed by atoms with Crippen LogP contribution in [0.25, 0.3) is 0 Å². The maximum absolute atomic E-state index is 12.2. The van der Waals surface area contributed by atoms with E-state index in [4.69, 9.17) is 18.0 Å². The highest BCUT2D eigenvalue weighted by Gasteiger charge is 2.35. The summed E-state index contributed by atoms with van der Waals surface area (Å²) in [7, 11) is 0. The number of rotatable bonds is 6. The second-order valence-corrected chi connectivity index (χ2v) is 5.87. The summed E-state index contributed by atoms with van der Waals surface area (Å²) >= 11 is 5.01. The summed E-state index contributed by atoms with van der Waals surface area (Å²) in [6.07, 6.45) is 3.16. The molecule has 1 aliphatic heterocycles. The van der Waals surface area contributed by atoms with Crippen molar-refractivity contribution in [1.82, 2.24) is 10.2 Å². The number of carbonyl (C=O) groups excluding carboxylic acids is 1. The normalized spacial score (nSPS) is 21.3. The minimum absolute atomic E-state index is 0.0517. The van der Waals surface area contributed by atoms with Gasteiger partial charge in [-0.3, -0.25) is 4.79 Å². The molecule has 0 spiro atoms. The Bertz CT molecular complexity index is 315. The van der Waals surface area contributed by atoms with Crippen LogP contribution in [0, 0.1) is 5.41 Å². The van der Waals surface area contributed by atoms with Crippen molar-refractivity contribution in [3.05, 3.63) is 0 Å². The largest absolute Gasteiger partial charge is 0.392 e. The molecule has 5 heteroatoms. The van der Waals surface area contributed by atoms with Gasteiger partial charge >= 0.3 is 0 Å². The van der Waals surface area contributed by atoms with E-state index in [9.17, 15) is 4.79 Å². The van der Waals surface area contributed by atoms with Gasteiger partial charge in [0.2, 0.25) is 5.91 Å². The van der Waals surface area contributed by atoms with Crippen LogP contribution < -0.4 is 11.1 Å². The van der Waals surface area contributed by atoms with E-state index in [-0.39, 0.29) is 16.9 Å². The van der Waals surface area contributed by atoms with Crippen LogP contribution in [0.4, 0.5) is 0 Å². The molecule has 0 aromatic carbocycles. The first-order valence-corrected chi connectivity index (χ1v) is 7.14. The molecule has 1 rings (SSSR count). The number of amides is 1. The van der Waals surface area contributed by atoms with Crippen LogP contribution in [0.2, 0.25) is 0 Å². The number of nitrogens with one attached hydrogen (secondary N) is 1. The van der Waals surface area contributed by atoms with Crippen LogP contribution >= 0.6 is 12.2 Å². The van der Waals surface area contributed by atoms with Gasteiger partial charge in [-0.15, -0.1) is 0 Å². The molecule has 1 saturated heterocycles. The van der Waals surface area contributed by atoms with Crippen LogP contribution in [-0.4, -0.2) is 41.5 Å². The Morgan fingerprint density at radius 1 is 1.50 bits per heavy atom. The van der Waals surface area contributed by atoms with Gasteiger partial charge in [-0.25, -0.2) is 0 Å². The van der Waals surface area contributed by atoms with Crippen molar-refractivity contribution in [2.45, 2.75) is 46.1 Å². The van der Waals surface area contributed by atoms with Gasteiger partial charge in [0, 0.05) is 12.6 Å². The first kappa shape index (κ1) is 15.4. The molecule has 1 aliphatic rings. The topological polar surface area (TPSA) is 58.4 Å². The molecule has 0 saturated carbocycles. The molecular formula is C13H25N3OS. The van der Waals surface area contributed by atoms with Crippen LogP contribution in [-0.2, 0) is 4.79 Å². The Morgan fingerprint density at radius 3 is 2.50 bits per heavy atom. The van der Waals surface area contributed by atoms with E-state index in [2.05, 4.69) is 10.2 Å². The zero-order chi connectivity index (χ0) is 13.8. The van der Waals surface area contributed by atoms with Crippen molar-refractivity contribution in [3.63, 3.8) is 0 Å². The number of carbonyl (C=O) groups is 1. The lowest BCUT2D eigenvalue weighted by atomic mass is 9.86. The van der Waals surface area contributed by atoms with Crippen molar-refractivity contribution in [1.29, 1.82) is 0 Å². The fourth-order valence-corrected chi connectivity index (χ4v) is 2.46. The third-order valence-electron chi connectivity index (χ3n) is 3.86. The molecule has 0 aliphatic carbocycles. The third-order valence-corrected chi connectivity index (χ3v) is 4.31. The zero-order valence-electron chi connectivity index (χ0n) is 11.7. The molecule has 2 atom stereocenters. The van der Waals surface area contributed by atoms with E-state index in [1.807, 2.05) is 20.8 Å². The fraction of sp³-hybridized carbons (Fsp3) is 0.846. The summed E-state index contributed by atoms with van der Waals surface area (Å²) < 4.78 is 0. The number of hydrogen-bond donors (Lipinski definition) is 2. The van der Waals surface area contributed by atoms with Crippen molar-refractivity contribution in [2.75, 3.05) is 19.6 Å². The van der Waals surface area contributed by atoms with E-state index in [0.29, 0.717) is 6.42 Å². The average molecular weight is 271 g/mol. The summed E-state index contributed by atoms with van der Waals surface area (Å²) in [4.78, 5) is 14.9. The highest BCUT2D eigenvalue weighted by molar-refractivity contribution is 7.80. The van der Waals surface area contributed by atoms with Crippen molar-refractivity contribution >= 4 is 23.1 Å². The first-order chi connectivity index (χ1) is 8.40. The third kappa shape index (κ3) is 3.65. The number of thiocarbonyl (C=S) groups is 1. The van der Waals surface area contributed by atoms with E-state index < -0.39 is 5.41 Å². The van der Waals surface area contributed by atoms with Gasteiger partial charge in [-0.05, 0) is 46.2 Å². The molecule has 1 fully saturated rings. The Labute approximate surface area is 115 Å². The van der Waals surface area contributed by atoms with Crippen LogP contribution in [0.3, 0.4) is 0 Å². The molecule has 1 heterocycles. The smallest absolute Gasteiger partial charge is 0.233 e. The second kappa shape index (κ2) is 6.48. The van der Waals surface area contributed by atoms with Crippen molar-refractivity contribution in [2.24, 2.45) is 11.1 Å². The second-order valence-electron chi connectivity index (χ2n) is 5.43. The van der Waals surface area contributed by atoms with Crippen LogP contribution in [0.1, 0.15) is 40.0 Å². The maximum Gasteiger partial charge on any atom is 0.233 e. The molecule has 4 nitrogen and oxygen atoms in total. The fourth-order valence-electron chi connectivity index (χ4n) is 2.23. The molecule has 0 aromatic heterocycles. The lowest BCUT2D eigenvalue weighted by Gasteiger charge is -2.29. The summed E-state index contributed by atoms with van der Waals surface area (Å²) in [5.74, 6) is -0.0517. The number of likely N-dealkylation sites (tertiary alicyclic amines) is 1. The van der Waals surface area contributed by atoms with E-state index in [1.54, 1.807) is 0 Å². The molecule has 0 radical (unpaired) electrons. The molecular weight excluding hydrogens is 246 g/mol. The molecule has 1 amide bonds. The highest BCUT2D eigenvalue weighted by Crippen LogP contribution is 2.22. The highest BCUT2D eigenvalue weighted by atomic mass is 32.1. The number of nitrogens with two attached hydrogens (primary N) is 1. The minimum Gasteiger partial charge on any atom is -0.392 e. The average Bonchev–Trinajstić information content (AvgIpc) is 2.79. The van der Waals surface area contributed by atoms with Gasteiger partial charge in [-0.1, -0.05) is 19.1 Å². The summed E-state index contributed by atoms with van der Waals surface area (Å²) in [6.45, 7) is 8.97. The Balaban J connectivity index is 2.49. The van der Waals surface area contributed by atoms with Crippen molar-refractivity contribution < 1.29 is 4.79 Å². The number of hydrogen-bond acceptors (Lipinski definition) is 3. The lowest BCUT2D eigenvalue weighted by Crippen LogP contribution is -2.51. The Kier molecular flexibility index (Phi) is 5.53. The van der Waals surface area contributed by atoms with Gasteiger partial charge < -0.3 is 16.0 Å². The molecule has 2 unspecified atom stereocenters. The van der Waals surface area contributed by atoms with Gasteiger partial charge in [-0.2, -0.15) is 0 Å². The van der Waals surface area contributed by atoms with Crippen LogP contribution in [0.5, 0.6) is 0 Å². The molecule has 104 valence electrons. The predicted molar refractivity (Wildman–Crippen MR) is 78.5 cm³/mol. The zero-order valence-corrected chi connectivity index (χ0v) is 12.5. The molecule has 0 bridgehead atoms. The Hall–Kier alpha value is -0.680. The molecule has 0 aromatic rings. The standard InChI is InChI=1S/C13H25N3OS/c1-4-13(3,11(14)18)12(17)15-10(2)9-16-7-5-6-8-16/h10H,4-9H2,1-3H3,(H2,14,18)(H,15,17). The molecule has 3 N–H and O–H groups in total. The van der Waals surface area contributed by atoms with Crippen molar-refractivity contribution in [3.8, 4) is 0 Å². The van der Waals surface area contributed by atoms with Gasteiger partial charge in [0.05, 0.1) is 10.4 Å². The minimum atomic E-state index is -0.728. The Morgan fingerprint density at radius 2 is 2.06 bits per heavy atom. The molecule has 18 heavy (non-hydrogen) atoms. The SMILES string of the molecule is CCC(C)(C(=O)NC(C)CN1CCCC1)C(N)=S. The summed E-state index contributed by atoms with van der Waals surface area (Å²) in [6, 6.07) is 0.135. The van der Waals surface area contributed by atoms with Gasteiger partial charge in [0.1, 0.15) is 0 Å². The number of nitrogens with zero attached hydrogens (tertiary/aromatic N) is 1. The van der Waals surface area contributed by atoms with E-state index in [1.165, 1.54) is 12.8 Å². The summed E-state index contributed by atoms with van der Waals surface area (Å²) in [5.41, 5.74) is 4.95. The lowest BCUT2D eigenvalue weighted by molar-refractivity contribution is -0.127. The van der Waals surface area contributed by atoms with Gasteiger partial charge in [0.25, 0.3) is 0 Å². The van der Waals surface area contributed by atoms with E-state index >= 15 is 0 Å². The first-order valence-electron chi connectivity index (χ1n) is 6.73. The van der Waals surface area contributed by atoms with Crippen LogP contribution in [0.15, 0.2) is 0 Å². The monoisotopic (exact) mass is 271 g/mol.